The van der Waals surface area contributed by atoms with Gasteiger partial charge in [0.25, 0.3) is 0 Å². The van der Waals surface area contributed by atoms with Gasteiger partial charge in [0.2, 0.25) is 0 Å². The second kappa shape index (κ2) is 13.4. The molecule has 0 bridgehead atoms. The fourth-order valence-electron chi connectivity index (χ4n) is 2.24. The van der Waals surface area contributed by atoms with Crippen LogP contribution in [0.5, 0.6) is 0 Å². The maximum Gasteiger partial charge on any atom is 0.306 e. The van der Waals surface area contributed by atoms with Gasteiger partial charge in [0.1, 0.15) is 6.61 Å². The van der Waals surface area contributed by atoms with Crippen molar-refractivity contribution in [3.05, 3.63) is 35.4 Å². The van der Waals surface area contributed by atoms with Crippen molar-refractivity contribution in [2.75, 3.05) is 34.0 Å². The molecule has 140 valence electrons. The minimum Gasteiger partial charge on any atom is -0.465 e. The second-order valence-electron chi connectivity index (χ2n) is 5.59. The molecule has 0 spiro atoms. The molecule has 6 heteroatoms. The van der Waals surface area contributed by atoms with Gasteiger partial charge in [-0.3, -0.25) is 9.59 Å². The predicted molar refractivity (Wildman–Crippen MR) is 93.1 cm³/mol. The molecule has 0 N–H and O–H groups in total. The number of hydrogen-bond donors (Lipinski definition) is 0. The molecule has 0 saturated heterocycles. The number of benzene rings is 1. The maximum atomic E-state index is 11.7. The fourth-order valence-corrected chi connectivity index (χ4v) is 2.24. The summed E-state index contributed by atoms with van der Waals surface area (Å²) in [5.41, 5.74) is 1.94. The van der Waals surface area contributed by atoms with Gasteiger partial charge in [0.05, 0.1) is 6.61 Å². The third-order valence-electron chi connectivity index (χ3n) is 3.60. The van der Waals surface area contributed by atoms with Gasteiger partial charge < -0.3 is 18.9 Å². The predicted octanol–water partition coefficient (Wildman–Crippen LogP) is 2.67. The van der Waals surface area contributed by atoms with Gasteiger partial charge >= 0.3 is 11.9 Å². The maximum absolute atomic E-state index is 11.7. The van der Waals surface area contributed by atoms with Gasteiger partial charge in [-0.1, -0.05) is 24.3 Å². The average molecular weight is 352 g/mol. The van der Waals surface area contributed by atoms with Crippen LogP contribution in [0.25, 0.3) is 0 Å². The molecule has 25 heavy (non-hydrogen) atoms. The number of hydrogen-bond acceptors (Lipinski definition) is 6. The smallest absolute Gasteiger partial charge is 0.306 e. The van der Waals surface area contributed by atoms with Crippen LogP contribution in [-0.2, 0) is 41.6 Å². The molecule has 0 amide bonds. The number of rotatable bonds is 13. The molecule has 0 aliphatic heterocycles. The zero-order valence-corrected chi connectivity index (χ0v) is 15.1. The van der Waals surface area contributed by atoms with Crippen molar-refractivity contribution in [2.24, 2.45) is 0 Å². The molecular formula is C19H28O6. The van der Waals surface area contributed by atoms with E-state index in [1.165, 1.54) is 0 Å². The van der Waals surface area contributed by atoms with Crippen molar-refractivity contribution in [3.63, 3.8) is 0 Å². The molecule has 1 aromatic carbocycles. The summed E-state index contributed by atoms with van der Waals surface area (Å²) >= 11 is 0. The molecule has 0 radical (unpaired) electrons. The molecule has 0 aliphatic carbocycles. The first-order valence-electron chi connectivity index (χ1n) is 8.53. The molecule has 6 nitrogen and oxygen atoms in total. The SMILES string of the molecule is COCCCC(=O)OCCc1ccccc1COC(=O)CCCOC. The second-order valence-corrected chi connectivity index (χ2v) is 5.59. The lowest BCUT2D eigenvalue weighted by Gasteiger charge is -2.11. The molecule has 0 heterocycles. The normalized spacial score (nSPS) is 10.5. The van der Waals surface area contributed by atoms with E-state index in [4.69, 9.17) is 18.9 Å². The van der Waals surface area contributed by atoms with Crippen molar-refractivity contribution >= 4 is 11.9 Å². The van der Waals surface area contributed by atoms with Crippen LogP contribution in [0, 0.1) is 0 Å². The van der Waals surface area contributed by atoms with E-state index in [2.05, 4.69) is 0 Å². The summed E-state index contributed by atoms with van der Waals surface area (Å²) in [6.45, 7) is 1.63. The van der Waals surface area contributed by atoms with Crippen LogP contribution >= 0.6 is 0 Å². The van der Waals surface area contributed by atoms with Crippen molar-refractivity contribution in [1.29, 1.82) is 0 Å². The third kappa shape index (κ3) is 9.84. The summed E-state index contributed by atoms with van der Waals surface area (Å²) in [5, 5.41) is 0. The summed E-state index contributed by atoms with van der Waals surface area (Å²) in [7, 11) is 3.21. The Kier molecular flexibility index (Phi) is 11.3. The van der Waals surface area contributed by atoms with E-state index >= 15 is 0 Å². The van der Waals surface area contributed by atoms with Gasteiger partial charge in [0, 0.05) is 46.7 Å². The van der Waals surface area contributed by atoms with E-state index in [1.54, 1.807) is 14.2 Å². The highest BCUT2D eigenvalue weighted by atomic mass is 16.5. The number of ether oxygens (including phenoxy) is 4. The minimum atomic E-state index is -0.239. The van der Waals surface area contributed by atoms with Gasteiger partial charge in [0.15, 0.2) is 0 Å². The minimum absolute atomic E-state index is 0.223. The van der Waals surface area contributed by atoms with E-state index in [-0.39, 0.29) is 18.5 Å². The van der Waals surface area contributed by atoms with Crippen LogP contribution in [0.4, 0.5) is 0 Å². The molecule has 0 aliphatic rings. The monoisotopic (exact) mass is 352 g/mol. The Morgan fingerprint density at radius 2 is 1.36 bits per heavy atom. The first-order chi connectivity index (χ1) is 12.2. The lowest BCUT2D eigenvalue weighted by atomic mass is 10.1. The molecular weight excluding hydrogens is 324 g/mol. The van der Waals surface area contributed by atoms with Crippen LogP contribution in [0.1, 0.15) is 36.8 Å². The third-order valence-corrected chi connectivity index (χ3v) is 3.60. The van der Waals surface area contributed by atoms with Crippen LogP contribution < -0.4 is 0 Å². The Balaban J connectivity index is 2.35. The molecule has 0 fully saturated rings. The Hall–Kier alpha value is -1.92. The van der Waals surface area contributed by atoms with Crippen LogP contribution in [0.2, 0.25) is 0 Å². The molecule has 1 rings (SSSR count). The summed E-state index contributed by atoms with van der Waals surface area (Å²) < 4.78 is 20.3. The first kappa shape index (κ1) is 21.1. The quantitative estimate of drug-likeness (QED) is 0.401. The van der Waals surface area contributed by atoms with E-state index in [0.29, 0.717) is 51.9 Å². The Bertz CT molecular complexity index is 514. The standard InChI is InChI=1S/C19H28O6/c1-22-12-5-9-18(20)24-14-11-16-7-3-4-8-17(16)15-25-19(21)10-6-13-23-2/h3-4,7-8H,5-6,9-15H2,1-2H3. The highest BCUT2D eigenvalue weighted by molar-refractivity contribution is 5.69. The highest BCUT2D eigenvalue weighted by Gasteiger charge is 2.08. The fraction of sp³-hybridized carbons (Fsp3) is 0.579. The topological polar surface area (TPSA) is 71.1 Å². The Labute approximate surface area is 149 Å². The van der Waals surface area contributed by atoms with Crippen molar-refractivity contribution in [2.45, 2.75) is 38.7 Å². The van der Waals surface area contributed by atoms with E-state index in [1.807, 2.05) is 24.3 Å². The Morgan fingerprint density at radius 3 is 1.96 bits per heavy atom. The van der Waals surface area contributed by atoms with Crippen LogP contribution in [-0.4, -0.2) is 46.0 Å². The van der Waals surface area contributed by atoms with E-state index in [0.717, 1.165) is 11.1 Å². The summed E-state index contributed by atoms with van der Waals surface area (Å²) in [4.78, 5) is 23.2. The number of esters is 2. The molecule has 0 aromatic heterocycles. The van der Waals surface area contributed by atoms with Gasteiger partial charge in [-0.25, -0.2) is 0 Å². The molecule has 1 aromatic rings. The highest BCUT2D eigenvalue weighted by Crippen LogP contribution is 2.12. The number of carbonyl (C=O) groups is 2. The molecule has 0 saturated carbocycles. The number of methoxy groups -OCH3 is 2. The lowest BCUT2D eigenvalue weighted by Crippen LogP contribution is -2.10. The summed E-state index contributed by atoms with van der Waals surface area (Å²) in [6, 6.07) is 7.68. The molecule has 0 atom stereocenters. The summed E-state index contributed by atoms with van der Waals surface area (Å²) in [5.74, 6) is -0.462. The van der Waals surface area contributed by atoms with Crippen molar-refractivity contribution < 1.29 is 28.5 Å². The van der Waals surface area contributed by atoms with Gasteiger partial charge in [-0.15, -0.1) is 0 Å². The largest absolute Gasteiger partial charge is 0.465 e. The van der Waals surface area contributed by atoms with E-state index in [9.17, 15) is 9.59 Å². The van der Waals surface area contributed by atoms with Crippen LogP contribution in [0.15, 0.2) is 24.3 Å². The zero-order chi connectivity index (χ0) is 18.3. The van der Waals surface area contributed by atoms with Crippen LogP contribution in [0.3, 0.4) is 0 Å². The van der Waals surface area contributed by atoms with Crippen molar-refractivity contribution in [1.82, 2.24) is 0 Å². The average Bonchev–Trinajstić information content (AvgIpc) is 2.61. The molecule has 0 unspecified atom stereocenters. The van der Waals surface area contributed by atoms with E-state index < -0.39 is 0 Å². The van der Waals surface area contributed by atoms with Gasteiger partial charge in [-0.05, 0) is 24.0 Å². The first-order valence-corrected chi connectivity index (χ1v) is 8.53. The summed E-state index contributed by atoms with van der Waals surface area (Å²) in [6.07, 6.45) is 2.60. The lowest BCUT2D eigenvalue weighted by molar-refractivity contribution is -0.145. The van der Waals surface area contributed by atoms with Crippen molar-refractivity contribution in [3.8, 4) is 0 Å². The zero-order valence-electron chi connectivity index (χ0n) is 15.1. The van der Waals surface area contributed by atoms with Gasteiger partial charge in [-0.2, -0.15) is 0 Å². The Morgan fingerprint density at radius 1 is 0.800 bits per heavy atom. The number of carbonyl (C=O) groups excluding carboxylic acids is 2.